The summed E-state index contributed by atoms with van der Waals surface area (Å²) in [5.74, 6) is -1.04. The first kappa shape index (κ1) is 28.8. The number of nitrogen functional groups attached to an aromatic ring is 1. The molecule has 9 nitrogen and oxygen atoms in total. The van der Waals surface area contributed by atoms with E-state index in [0.29, 0.717) is 43.6 Å². The number of nitrogens with one attached hydrogen (secondary N) is 1. The van der Waals surface area contributed by atoms with Gasteiger partial charge in [0.2, 0.25) is 0 Å². The summed E-state index contributed by atoms with van der Waals surface area (Å²) in [6.07, 6.45) is 3.55. The number of nitrogens with zero attached hydrogens (tertiary/aromatic N) is 4. The van der Waals surface area contributed by atoms with Crippen LogP contribution < -0.4 is 26.4 Å². The number of hydrogen-bond acceptors (Lipinski definition) is 10. The second kappa shape index (κ2) is 10.7. The monoisotopic (exact) mass is 656 g/mol. The quantitative estimate of drug-likeness (QED) is 0.423. The van der Waals surface area contributed by atoms with E-state index < -0.39 is 23.3 Å². The lowest BCUT2D eigenvalue weighted by Crippen LogP contribution is -2.47. The third-order valence-corrected chi connectivity index (χ3v) is 10.9. The number of halogens is 4. The zero-order chi connectivity index (χ0) is 31.0. The average Bonchev–Trinajstić information content (AvgIpc) is 3.79. The maximum atomic E-state index is 17.1. The van der Waals surface area contributed by atoms with Gasteiger partial charge in [0.1, 0.15) is 42.2 Å². The lowest BCUT2D eigenvalue weighted by atomic mass is 9.95. The van der Waals surface area contributed by atoms with Crippen molar-refractivity contribution in [1.29, 1.82) is 5.26 Å². The minimum Gasteiger partial charge on any atom is -0.462 e. The first-order valence-electron chi connectivity index (χ1n) is 14.8. The molecule has 1 aromatic heterocycles. The predicted octanol–water partition coefficient (Wildman–Crippen LogP) is 4.07. The summed E-state index contributed by atoms with van der Waals surface area (Å²) in [7, 11) is 0. The molecule has 5 aliphatic rings. The molecular weight excluding hydrogens is 629 g/mol. The van der Waals surface area contributed by atoms with Gasteiger partial charge in [-0.3, -0.25) is 9.89 Å². The van der Waals surface area contributed by atoms with Crippen LogP contribution in [0.15, 0.2) is 29.3 Å². The summed E-state index contributed by atoms with van der Waals surface area (Å²) in [6, 6.07) is 4.49. The molecule has 3 N–H and O–H groups in total. The maximum absolute atomic E-state index is 17.1. The van der Waals surface area contributed by atoms with Crippen LogP contribution in [-0.2, 0) is 9.47 Å². The summed E-state index contributed by atoms with van der Waals surface area (Å²) in [4.78, 5) is 8.65. The molecule has 3 saturated heterocycles. The van der Waals surface area contributed by atoms with E-state index in [1.54, 1.807) is 6.20 Å². The van der Waals surface area contributed by atoms with E-state index in [2.05, 4.69) is 15.2 Å². The fraction of sp³-hybridized carbons (Fsp3) is 0.419. The van der Waals surface area contributed by atoms with Gasteiger partial charge in [0.25, 0.3) is 0 Å². The molecule has 0 unspecified atom stereocenters. The van der Waals surface area contributed by atoms with E-state index >= 15 is 4.39 Å². The van der Waals surface area contributed by atoms with Crippen LogP contribution in [0.25, 0.3) is 27.0 Å². The van der Waals surface area contributed by atoms with Gasteiger partial charge in [0.15, 0.2) is 11.6 Å². The first-order chi connectivity index (χ1) is 21.8. The Morgan fingerprint density at radius 3 is 3.00 bits per heavy atom. The number of thiophene rings is 1. The highest BCUT2D eigenvalue weighted by Gasteiger charge is 2.49. The molecule has 3 fully saturated rings. The van der Waals surface area contributed by atoms with Crippen molar-refractivity contribution < 1.29 is 27.4 Å². The van der Waals surface area contributed by atoms with E-state index in [4.69, 9.17) is 31.5 Å². The van der Waals surface area contributed by atoms with Crippen LogP contribution in [0.2, 0.25) is 5.02 Å². The molecule has 14 heteroatoms. The molecule has 6 heterocycles. The summed E-state index contributed by atoms with van der Waals surface area (Å²) in [5, 5.41) is 14.0. The van der Waals surface area contributed by atoms with Gasteiger partial charge in [0.05, 0.1) is 50.2 Å². The number of anilines is 1. The Bertz CT molecular complexity index is 1960. The number of benzene rings is 2. The van der Waals surface area contributed by atoms with Crippen molar-refractivity contribution in [2.75, 3.05) is 45.3 Å². The van der Waals surface area contributed by atoms with Crippen molar-refractivity contribution in [3.05, 3.63) is 57.1 Å². The summed E-state index contributed by atoms with van der Waals surface area (Å²) < 4.78 is 64.9. The molecule has 0 bridgehead atoms. The summed E-state index contributed by atoms with van der Waals surface area (Å²) in [5.41, 5.74) is 5.74. The van der Waals surface area contributed by atoms with Crippen LogP contribution in [0, 0.1) is 23.0 Å². The van der Waals surface area contributed by atoms with Gasteiger partial charge < -0.3 is 30.2 Å². The Morgan fingerprint density at radius 1 is 1.33 bits per heavy atom. The maximum Gasteiger partial charge on any atom is 0.302 e. The van der Waals surface area contributed by atoms with Crippen molar-refractivity contribution in [3.63, 3.8) is 0 Å². The topological polar surface area (TPSA) is 108 Å². The van der Waals surface area contributed by atoms with Gasteiger partial charge in [-0.15, -0.1) is 11.3 Å². The Hall–Kier alpha value is -3.70. The zero-order valence-corrected chi connectivity index (χ0v) is 25.5. The van der Waals surface area contributed by atoms with Crippen LogP contribution in [0.3, 0.4) is 0 Å². The molecule has 3 atom stereocenters. The van der Waals surface area contributed by atoms with Crippen LogP contribution in [-0.4, -0.2) is 67.1 Å². The number of hydrogen-bond donors (Lipinski definition) is 2. The molecule has 45 heavy (non-hydrogen) atoms. The molecule has 0 radical (unpaired) electrons. The van der Waals surface area contributed by atoms with Crippen LogP contribution in [0.5, 0.6) is 5.75 Å². The van der Waals surface area contributed by atoms with Crippen LogP contribution >= 0.6 is 22.9 Å². The number of nitriles is 1. The average molecular weight is 657 g/mol. The van der Waals surface area contributed by atoms with E-state index in [1.807, 2.05) is 11.0 Å². The lowest BCUT2D eigenvalue weighted by Gasteiger charge is -2.32. The fourth-order valence-electron chi connectivity index (χ4n) is 7.42. The Labute approximate surface area is 264 Å². The van der Waals surface area contributed by atoms with E-state index in [0.717, 1.165) is 30.7 Å². The highest BCUT2D eigenvalue weighted by molar-refractivity contribution is 7.23. The number of fused-ring (bicyclic) bond motifs is 2. The zero-order valence-electron chi connectivity index (χ0n) is 24.0. The van der Waals surface area contributed by atoms with E-state index in [1.165, 1.54) is 12.1 Å². The molecule has 2 aromatic carbocycles. The smallest absolute Gasteiger partial charge is 0.302 e. The summed E-state index contributed by atoms with van der Waals surface area (Å²) in [6.45, 7) is 2.46. The third kappa shape index (κ3) is 4.37. The molecule has 0 amide bonds. The van der Waals surface area contributed by atoms with E-state index in [-0.39, 0.29) is 73.2 Å². The van der Waals surface area contributed by atoms with E-state index in [9.17, 15) is 14.0 Å². The van der Waals surface area contributed by atoms with Crippen LogP contribution in [0.4, 0.5) is 18.2 Å². The standard InChI is InChI=1S/C31H28ClF3N6O3S/c32-24-22(17-2-3-19(34)28-21(17)18(9-36)29(37)45-28)25(35)27-23-26(24)38-14-39-30(23)41(16-4-7-42-12-16)11-20(44-27)43-13-31-5-1-6-40(31)10-15(33)8-31/h2-3,11,15-16,39H,1,4-8,10,12-14,37H2/t15-,16-,31+/m1/s1. The van der Waals surface area contributed by atoms with Crippen molar-refractivity contribution in [2.24, 2.45) is 4.99 Å². The highest BCUT2D eigenvalue weighted by Crippen LogP contribution is 2.45. The molecule has 8 rings (SSSR count). The molecular formula is C31H28ClF3N6O3S. The fourth-order valence-corrected chi connectivity index (χ4v) is 8.71. The predicted molar refractivity (Wildman–Crippen MR) is 162 cm³/mol. The van der Waals surface area contributed by atoms with Crippen molar-refractivity contribution in [2.45, 2.75) is 43.4 Å². The van der Waals surface area contributed by atoms with Crippen LogP contribution in [0.1, 0.15) is 31.2 Å². The van der Waals surface area contributed by atoms with Gasteiger partial charge in [-0.2, -0.15) is 5.26 Å². The second-order valence-corrected chi connectivity index (χ2v) is 13.4. The van der Waals surface area contributed by atoms with Gasteiger partial charge in [-0.25, -0.2) is 13.2 Å². The molecule has 0 aliphatic carbocycles. The van der Waals surface area contributed by atoms with Gasteiger partial charge in [0, 0.05) is 30.5 Å². The molecule has 0 spiro atoms. The second-order valence-electron chi connectivity index (χ2n) is 12.0. The third-order valence-electron chi connectivity index (χ3n) is 9.48. The molecule has 0 saturated carbocycles. The lowest BCUT2D eigenvalue weighted by molar-refractivity contribution is 0.0250. The number of nitrogens with two attached hydrogens (primary N) is 1. The minimum atomic E-state index is -0.938. The Morgan fingerprint density at radius 2 is 2.20 bits per heavy atom. The largest absolute Gasteiger partial charge is 0.462 e. The van der Waals surface area contributed by atoms with Crippen molar-refractivity contribution >= 4 is 43.8 Å². The van der Waals surface area contributed by atoms with Crippen molar-refractivity contribution in [3.8, 4) is 22.9 Å². The molecule has 234 valence electrons. The molecule has 3 aromatic rings. The highest BCUT2D eigenvalue weighted by atomic mass is 35.5. The Balaban J connectivity index is 1.32. The van der Waals surface area contributed by atoms with Gasteiger partial charge in [-0.05, 0) is 37.4 Å². The number of ether oxygens (including phenoxy) is 3. The summed E-state index contributed by atoms with van der Waals surface area (Å²) >= 11 is 7.89. The van der Waals surface area contributed by atoms with Crippen molar-refractivity contribution in [1.82, 2.24) is 15.1 Å². The number of rotatable bonds is 5. The minimum absolute atomic E-state index is 0.0113. The van der Waals surface area contributed by atoms with Gasteiger partial charge in [-0.1, -0.05) is 17.7 Å². The number of alkyl halides is 1. The van der Waals surface area contributed by atoms with Gasteiger partial charge >= 0.3 is 5.95 Å². The SMILES string of the molecule is N#Cc1c(N)sc2c(F)ccc(-c3c(F)c4c5c(c3Cl)=NCNC=5N([C@@H]3CCOC3)C=C(OC[C@@]35CCCN3C[C@H](F)C5)O4)c12. The first-order valence-corrected chi connectivity index (χ1v) is 16.0. The Kier molecular flexibility index (Phi) is 6.83. The normalized spacial score (nSPS) is 25.6. The molecule has 5 aliphatic heterocycles.